The van der Waals surface area contributed by atoms with Crippen molar-refractivity contribution in [2.45, 2.75) is 6.92 Å². The molecule has 74 valence electrons. The molecule has 0 radical (unpaired) electrons. The van der Waals surface area contributed by atoms with Gasteiger partial charge in [-0.1, -0.05) is 35.9 Å². The van der Waals surface area contributed by atoms with E-state index in [0.717, 1.165) is 0 Å². The van der Waals surface area contributed by atoms with Gasteiger partial charge >= 0.3 is 5.97 Å². The molecule has 0 N–H and O–H groups in total. The highest BCUT2D eigenvalue weighted by Gasteiger charge is 2.09. The van der Waals surface area contributed by atoms with Crippen molar-refractivity contribution in [3.8, 4) is 0 Å². The van der Waals surface area contributed by atoms with Crippen molar-refractivity contribution in [1.29, 1.82) is 0 Å². The minimum atomic E-state index is -0.395. The van der Waals surface area contributed by atoms with Crippen LogP contribution in [0.1, 0.15) is 17.3 Å². The van der Waals surface area contributed by atoms with E-state index in [1.54, 1.807) is 30.3 Å². The summed E-state index contributed by atoms with van der Waals surface area (Å²) in [4.78, 5) is 11.4. The average molecular weight is 211 g/mol. The van der Waals surface area contributed by atoms with Crippen LogP contribution in [0.15, 0.2) is 36.4 Å². The molecule has 0 amide bonds. The van der Waals surface area contributed by atoms with Gasteiger partial charge in [0, 0.05) is 0 Å². The second-order valence-corrected chi connectivity index (χ2v) is 3.05. The number of carbonyl (C=O) groups excluding carboxylic acids is 1. The number of halogens is 1. The fourth-order valence-electron chi connectivity index (χ4n) is 0.925. The topological polar surface area (TPSA) is 26.3 Å². The zero-order valence-corrected chi connectivity index (χ0v) is 8.62. The molecule has 3 heteroatoms. The lowest BCUT2D eigenvalue weighted by molar-refractivity contribution is 0.0549. The van der Waals surface area contributed by atoms with Crippen LogP contribution in [0.3, 0.4) is 0 Å². The Labute approximate surface area is 88.1 Å². The largest absolute Gasteiger partial charge is 0.458 e. The summed E-state index contributed by atoms with van der Waals surface area (Å²) < 4.78 is 4.94. The van der Waals surface area contributed by atoms with Crippen LogP contribution in [0, 0.1) is 0 Å². The van der Waals surface area contributed by atoms with Gasteiger partial charge in [0.25, 0.3) is 0 Å². The standard InChI is InChI=1S/C11H11ClO2/c1-2-3-8-14-11(13)9-6-4-5-7-10(9)12/h2-7H,8H2,1H3/b3-2+. The van der Waals surface area contributed by atoms with Crippen LogP contribution in [0.25, 0.3) is 0 Å². The molecule has 14 heavy (non-hydrogen) atoms. The molecular formula is C11H11ClO2. The zero-order valence-electron chi connectivity index (χ0n) is 7.87. The van der Waals surface area contributed by atoms with E-state index in [1.165, 1.54) is 0 Å². The molecular weight excluding hydrogens is 200 g/mol. The summed E-state index contributed by atoms with van der Waals surface area (Å²) in [5.74, 6) is -0.395. The minimum Gasteiger partial charge on any atom is -0.458 e. The molecule has 2 nitrogen and oxygen atoms in total. The predicted molar refractivity (Wildman–Crippen MR) is 56.5 cm³/mol. The number of hydrogen-bond donors (Lipinski definition) is 0. The summed E-state index contributed by atoms with van der Waals surface area (Å²) in [6.07, 6.45) is 3.58. The molecule has 0 aliphatic rings. The van der Waals surface area contributed by atoms with Gasteiger partial charge in [0.1, 0.15) is 6.61 Å². The van der Waals surface area contributed by atoms with Gasteiger partial charge in [-0.2, -0.15) is 0 Å². The van der Waals surface area contributed by atoms with Crippen LogP contribution in [0.4, 0.5) is 0 Å². The molecule has 0 aliphatic heterocycles. The van der Waals surface area contributed by atoms with Crippen LogP contribution in [-0.4, -0.2) is 12.6 Å². The molecule has 0 unspecified atom stereocenters. The first-order valence-corrected chi connectivity index (χ1v) is 4.66. The number of esters is 1. The van der Waals surface area contributed by atoms with Gasteiger partial charge in [0.15, 0.2) is 0 Å². The normalized spacial score (nSPS) is 10.4. The summed E-state index contributed by atoms with van der Waals surface area (Å²) in [6, 6.07) is 6.82. The van der Waals surface area contributed by atoms with Gasteiger partial charge in [0.05, 0.1) is 10.6 Å². The van der Waals surface area contributed by atoms with Gasteiger partial charge in [-0.3, -0.25) is 0 Å². The monoisotopic (exact) mass is 210 g/mol. The fraction of sp³-hybridized carbons (Fsp3) is 0.182. The van der Waals surface area contributed by atoms with Gasteiger partial charge < -0.3 is 4.74 Å². The number of rotatable bonds is 3. The molecule has 0 bridgehead atoms. The van der Waals surface area contributed by atoms with E-state index in [1.807, 2.05) is 13.0 Å². The molecule has 0 saturated heterocycles. The number of benzene rings is 1. The Balaban J connectivity index is 2.65. The predicted octanol–water partition coefficient (Wildman–Crippen LogP) is 3.07. The third-order valence-electron chi connectivity index (χ3n) is 1.64. The number of ether oxygens (including phenoxy) is 1. The highest BCUT2D eigenvalue weighted by molar-refractivity contribution is 6.33. The highest BCUT2D eigenvalue weighted by atomic mass is 35.5. The molecule has 0 atom stereocenters. The van der Waals surface area contributed by atoms with Crippen molar-refractivity contribution < 1.29 is 9.53 Å². The van der Waals surface area contributed by atoms with E-state index in [-0.39, 0.29) is 6.61 Å². The molecule has 0 heterocycles. The summed E-state index contributed by atoms with van der Waals surface area (Å²) in [5, 5.41) is 0.415. The molecule has 0 aromatic heterocycles. The number of hydrogen-bond acceptors (Lipinski definition) is 2. The SMILES string of the molecule is C/C=C/COC(=O)c1ccccc1Cl. The summed E-state index contributed by atoms with van der Waals surface area (Å²) >= 11 is 5.81. The van der Waals surface area contributed by atoms with Crippen molar-refractivity contribution in [2.24, 2.45) is 0 Å². The molecule has 0 saturated carbocycles. The quantitative estimate of drug-likeness (QED) is 0.566. The summed E-state index contributed by atoms with van der Waals surface area (Å²) in [6.45, 7) is 2.14. The lowest BCUT2D eigenvalue weighted by Gasteiger charge is -2.02. The molecule has 0 aliphatic carbocycles. The zero-order chi connectivity index (χ0) is 10.4. The van der Waals surface area contributed by atoms with Crippen molar-refractivity contribution in [3.63, 3.8) is 0 Å². The van der Waals surface area contributed by atoms with Gasteiger partial charge in [0.2, 0.25) is 0 Å². The Morgan fingerprint density at radius 3 is 2.86 bits per heavy atom. The first-order chi connectivity index (χ1) is 6.75. The Morgan fingerprint density at radius 1 is 1.50 bits per heavy atom. The van der Waals surface area contributed by atoms with E-state index >= 15 is 0 Å². The smallest absolute Gasteiger partial charge is 0.339 e. The Morgan fingerprint density at radius 2 is 2.21 bits per heavy atom. The Hall–Kier alpha value is -1.28. The van der Waals surface area contributed by atoms with Gasteiger partial charge in [-0.25, -0.2) is 4.79 Å². The second kappa shape index (κ2) is 5.45. The third-order valence-corrected chi connectivity index (χ3v) is 1.97. The maximum Gasteiger partial charge on any atom is 0.339 e. The van der Waals surface area contributed by atoms with E-state index in [2.05, 4.69) is 0 Å². The van der Waals surface area contributed by atoms with Crippen molar-refractivity contribution >= 4 is 17.6 Å². The van der Waals surface area contributed by atoms with Crippen LogP contribution < -0.4 is 0 Å². The van der Waals surface area contributed by atoms with E-state index in [9.17, 15) is 4.79 Å². The molecule has 1 aromatic carbocycles. The average Bonchev–Trinajstić information content (AvgIpc) is 2.18. The molecule has 0 fully saturated rings. The van der Waals surface area contributed by atoms with E-state index in [4.69, 9.17) is 16.3 Å². The summed E-state index contributed by atoms with van der Waals surface area (Å²) in [5.41, 5.74) is 0.402. The van der Waals surface area contributed by atoms with Crippen LogP contribution in [0.5, 0.6) is 0 Å². The lowest BCUT2D eigenvalue weighted by Crippen LogP contribution is -2.05. The van der Waals surface area contributed by atoms with Crippen molar-refractivity contribution in [3.05, 3.63) is 47.0 Å². The maximum absolute atomic E-state index is 11.4. The Kier molecular flexibility index (Phi) is 4.20. The maximum atomic E-state index is 11.4. The molecule has 1 aromatic rings. The molecule has 1 rings (SSSR count). The third kappa shape index (κ3) is 2.89. The van der Waals surface area contributed by atoms with Crippen LogP contribution in [-0.2, 0) is 4.74 Å². The van der Waals surface area contributed by atoms with E-state index in [0.29, 0.717) is 10.6 Å². The Bertz CT molecular complexity index is 345. The van der Waals surface area contributed by atoms with Crippen molar-refractivity contribution in [1.82, 2.24) is 0 Å². The van der Waals surface area contributed by atoms with Crippen molar-refractivity contribution in [2.75, 3.05) is 6.61 Å². The first-order valence-electron chi connectivity index (χ1n) is 4.28. The second-order valence-electron chi connectivity index (χ2n) is 2.65. The van der Waals surface area contributed by atoms with E-state index < -0.39 is 5.97 Å². The summed E-state index contributed by atoms with van der Waals surface area (Å²) in [7, 11) is 0. The highest BCUT2D eigenvalue weighted by Crippen LogP contribution is 2.15. The fourth-order valence-corrected chi connectivity index (χ4v) is 1.14. The van der Waals surface area contributed by atoms with Crippen LogP contribution in [0.2, 0.25) is 5.02 Å². The molecule has 0 spiro atoms. The van der Waals surface area contributed by atoms with Gasteiger partial charge in [-0.05, 0) is 19.1 Å². The lowest BCUT2D eigenvalue weighted by atomic mass is 10.2. The first kappa shape index (κ1) is 10.8. The number of carbonyl (C=O) groups is 1. The van der Waals surface area contributed by atoms with Gasteiger partial charge in [-0.15, -0.1) is 0 Å². The van der Waals surface area contributed by atoms with Crippen LogP contribution >= 0.6 is 11.6 Å². The number of allylic oxidation sites excluding steroid dienone is 1. The minimum absolute atomic E-state index is 0.278.